The summed E-state index contributed by atoms with van der Waals surface area (Å²) < 4.78 is 0. The fourth-order valence-electron chi connectivity index (χ4n) is 1.10. The molecule has 1 aromatic carbocycles. The molecule has 4 nitrogen and oxygen atoms in total. The third-order valence-electron chi connectivity index (χ3n) is 2.00. The van der Waals surface area contributed by atoms with E-state index < -0.39 is 14.2 Å². The zero-order valence-corrected chi connectivity index (χ0v) is 9.15. The van der Waals surface area contributed by atoms with Gasteiger partial charge in [-0.15, -0.1) is 0 Å². The highest BCUT2D eigenvalue weighted by molar-refractivity contribution is 7.45. The second-order valence-corrected chi connectivity index (χ2v) is 4.45. The Labute approximate surface area is 84.9 Å². The molecule has 0 radical (unpaired) electrons. The topological polar surface area (TPSA) is 69.7 Å². The third-order valence-corrected chi connectivity index (χ3v) is 2.80. The van der Waals surface area contributed by atoms with E-state index in [4.69, 9.17) is 15.5 Å². The van der Waals surface area contributed by atoms with Gasteiger partial charge in [0, 0.05) is 19.8 Å². The van der Waals surface area contributed by atoms with Crippen LogP contribution in [0, 0.1) is 0 Å². The molecule has 0 heterocycles. The average molecular weight is 214 g/mol. The van der Waals surface area contributed by atoms with Crippen LogP contribution in [0.5, 0.6) is 0 Å². The highest BCUT2D eigenvalue weighted by Gasteiger charge is 2.14. The fraction of sp³-hybridized carbons (Fsp3) is 0.333. The Kier molecular flexibility index (Phi) is 3.84. The van der Waals surface area contributed by atoms with Gasteiger partial charge >= 0.3 is 0 Å². The molecule has 0 saturated carbocycles. The van der Waals surface area contributed by atoms with Gasteiger partial charge in [0.25, 0.3) is 0 Å². The van der Waals surface area contributed by atoms with Crippen molar-refractivity contribution in [2.45, 2.75) is 5.78 Å². The molecule has 1 rings (SSSR count). The summed E-state index contributed by atoms with van der Waals surface area (Å²) >= 11 is 0. The molecule has 0 saturated heterocycles. The van der Waals surface area contributed by atoms with Crippen molar-refractivity contribution >= 4 is 14.1 Å². The monoisotopic (exact) mass is 214 g/mol. The molecular formula is C9H15N2O2P. The number of benzene rings is 1. The number of anilines is 1. The minimum absolute atomic E-state index is 0.679. The Morgan fingerprint density at radius 1 is 1.21 bits per heavy atom. The lowest BCUT2D eigenvalue weighted by Gasteiger charge is -2.16. The first-order valence-electron chi connectivity index (χ1n) is 4.22. The number of rotatable bonds is 3. The van der Waals surface area contributed by atoms with Crippen molar-refractivity contribution in [3.63, 3.8) is 0 Å². The predicted octanol–water partition coefficient (Wildman–Crippen LogP) is 1.01. The molecular weight excluding hydrogens is 199 g/mol. The minimum Gasteiger partial charge on any atom is -0.378 e. The van der Waals surface area contributed by atoms with Crippen molar-refractivity contribution in [1.82, 2.24) is 0 Å². The molecule has 5 heteroatoms. The molecule has 78 valence electrons. The standard InChI is InChI=1S/C9H15N2O2P/c1-11(2)8-5-3-7(4-6-8)9(10)14(12)13/h3-6,9,12-13H,10H2,1-2H3. The summed E-state index contributed by atoms with van der Waals surface area (Å²) in [5, 5.41) is 0. The van der Waals surface area contributed by atoms with Crippen LogP contribution in [0.15, 0.2) is 24.3 Å². The summed E-state index contributed by atoms with van der Waals surface area (Å²) in [7, 11) is 1.79. The second kappa shape index (κ2) is 4.71. The largest absolute Gasteiger partial charge is 0.378 e. The van der Waals surface area contributed by atoms with Gasteiger partial charge in [-0.25, -0.2) is 0 Å². The normalized spacial score (nSPS) is 13.0. The van der Waals surface area contributed by atoms with Crippen LogP contribution in [-0.4, -0.2) is 23.9 Å². The van der Waals surface area contributed by atoms with Crippen molar-refractivity contribution in [3.05, 3.63) is 29.8 Å². The van der Waals surface area contributed by atoms with Crippen LogP contribution in [0.4, 0.5) is 5.69 Å². The molecule has 0 aromatic heterocycles. The average Bonchev–Trinajstić information content (AvgIpc) is 2.16. The third kappa shape index (κ3) is 2.66. The summed E-state index contributed by atoms with van der Waals surface area (Å²) in [4.78, 5) is 19.8. The first-order chi connectivity index (χ1) is 6.52. The van der Waals surface area contributed by atoms with Gasteiger partial charge in [-0.05, 0) is 17.7 Å². The zero-order valence-electron chi connectivity index (χ0n) is 8.25. The van der Waals surface area contributed by atoms with E-state index in [0.717, 1.165) is 11.3 Å². The van der Waals surface area contributed by atoms with Crippen LogP contribution in [0.1, 0.15) is 11.3 Å². The van der Waals surface area contributed by atoms with Crippen LogP contribution in [-0.2, 0) is 0 Å². The molecule has 0 aliphatic rings. The zero-order chi connectivity index (χ0) is 10.7. The van der Waals surface area contributed by atoms with Gasteiger partial charge in [0.15, 0.2) is 8.38 Å². The lowest BCUT2D eigenvalue weighted by Crippen LogP contribution is -2.10. The van der Waals surface area contributed by atoms with E-state index in [9.17, 15) is 0 Å². The molecule has 0 aliphatic carbocycles. The summed E-state index contributed by atoms with van der Waals surface area (Å²) in [5.41, 5.74) is 7.38. The van der Waals surface area contributed by atoms with Gasteiger partial charge in [0.1, 0.15) is 5.78 Å². The molecule has 0 amide bonds. The molecule has 4 N–H and O–H groups in total. The van der Waals surface area contributed by atoms with Crippen molar-refractivity contribution in [2.75, 3.05) is 19.0 Å². The predicted molar refractivity (Wildman–Crippen MR) is 59.1 cm³/mol. The Balaban J connectivity index is 2.83. The lowest BCUT2D eigenvalue weighted by atomic mass is 10.2. The SMILES string of the molecule is CN(C)c1ccc(C(N)P(O)O)cc1. The Bertz CT molecular complexity index is 287. The number of hydrogen-bond acceptors (Lipinski definition) is 4. The van der Waals surface area contributed by atoms with Gasteiger partial charge in [-0.2, -0.15) is 0 Å². The van der Waals surface area contributed by atoms with E-state index in [-0.39, 0.29) is 0 Å². The first kappa shape index (κ1) is 11.4. The summed E-state index contributed by atoms with van der Waals surface area (Å²) in [6.07, 6.45) is 0. The van der Waals surface area contributed by atoms with Crippen molar-refractivity contribution in [1.29, 1.82) is 0 Å². The molecule has 1 atom stereocenters. The maximum Gasteiger partial charge on any atom is 0.187 e. The molecule has 14 heavy (non-hydrogen) atoms. The smallest absolute Gasteiger partial charge is 0.187 e. The van der Waals surface area contributed by atoms with Gasteiger partial charge in [0.2, 0.25) is 0 Å². The minimum atomic E-state index is -2.10. The van der Waals surface area contributed by atoms with E-state index >= 15 is 0 Å². The van der Waals surface area contributed by atoms with Gasteiger partial charge in [-0.3, -0.25) is 0 Å². The van der Waals surface area contributed by atoms with Crippen molar-refractivity contribution < 1.29 is 9.79 Å². The number of nitrogens with zero attached hydrogens (tertiary/aromatic N) is 1. The molecule has 0 bridgehead atoms. The van der Waals surface area contributed by atoms with Crippen molar-refractivity contribution in [2.24, 2.45) is 5.73 Å². The Morgan fingerprint density at radius 2 is 1.71 bits per heavy atom. The van der Waals surface area contributed by atoms with Crippen LogP contribution < -0.4 is 10.6 Å². The first-order valence-corrected chi connectivity index (χ1v) is 5.54. The Morgan fingerprint density at radius 3 is 2.07 bits per heavy atom. The number of hydrogen-bond donors (Lipinski definition) is 3. The van der Waals surface area contributed by atoms with E-state index in [2.05, 4.69) is 0 Å². The van der Waals surface area contributed by atoms with E-state index in [1.54, 1.807) is 0 Å². The fourth-order valence-corrected chi connectivity index (χ4v) is 1.54. The molecule has 0 spiro atoms. The quantitative estimate of drug-likeness (QED) is 0.657. The maximum atomic E-state index is 8.94. The van der Waals surface area contributed by atoms with Crippen LogP contribution in [0.25, 0.3) is 0 Å². The molecule has 1 unspecified atom stereocenters. The summed E-state index contributed by atoms with van der Waals surface area (Å²) in [6.45, 7) is 0. The highest BCUT2D eigenvalue weighted by atomic mass is 31.2. The van der Waals surface area contributed by atoms with Crippen molar-refractivity contribution in [3.8, 4) is 0 Å². The Hall–Kier alpha value is -0.670. The molecule has 1 aromatic rings. The van der Waals surface area contributed by atoms with Crippen LogP contribution in [0.3, 0.4) is 0 Å². The maximum absolute atomic E-state index is 8.94. The van der Waals surface area contributed by atoms with E-state index in [1.807, 2.05) is 43.3 Å². The van der Waals surface area contributed by atoms with E-state index in [1.165, 1.54) is 0 Å². The van der Waals surface area contributed by atoms with Crippen LogP contribution >= 0.6 is 8.38 Å². The van der Waals surface area contributed by atoms with Gasteiger partial charge < -0.3 is 20.4 Å². The summed E-state index contributed by atoms with van der Waals surface area (Å²) in [6, 6.07) is 7.41. The van der Waals surface area contributed by atoms with E-state index in [0.29, 0.717) is 0 Å². The second-order valence-electron chi connectivity index (χ2n) is 3.25. The lowest BCUT2D eigenvalue weighted by molar-refractivity contribution is 0.467. The number of nitrogens with two attached hydrogens (primary N) is 1. The molecule has 0 fully saturated rings. The molecule has 0 aliphatic heterocycles. The van der Waals surface area contributed by atoms with Crippen LogP contribution in [0.2, 0.25) is 0 Å². The highest BCUT2D eigenvalue weighted by Crippen LogP contribution is 2.39. The summed E-state index contributed by atoms with van der Waals surface area (Å²) in [5.74, 6) is -0.679. The van der Waals surface area contributed by atoms with Gasteiger partial charge in [0.05, 0.1) is 0 Å². The van der Waals surface area contributed by atoms with Gasteiger partial charge in [-0.1, -0.05) is 12.1 Å².